The number of hydrogen-bond acceptors (Lipinski definition) is 4. The molecule has 1 spiro atoms. The second-order valence-electron chi connectivity index (χ2n) is 9.54. The van der Waals surface area contributed by atoms with Crippen LogP contribution in [0.15, 0.2) is 72.1 Å². The van der Waals surface area contributed by atoms with Gasteiger partial charge in [0, 0.05) is 37.3 Å². The smallest absolute Gasteiger partial charge is 0.253 e. The van der Waals surface area contributed by atoms with Gasteiger partial charge in [-0.25, -0.2) is 8.42 Å². The zero-order chi connectivity index (χ0) is 25.1. The van der Waals surface area contributed by atoms with Crippen molar-refractivity contribution in [2.45, 2.75) is 55.0 Å². The van der Waals surface area contributed by atoms with E-state index in [1.54, 1.807) is 28.4 Å². The fourth-order valence-corrected chi connectivity index (χ4v) is 6.98. The summed E-state index contributed by atoms with van der Waals surface area (Å²) in [5, 5.41) is 2.93. The van der Waals surface area contributed by atoms with Crippen LogP contribution in [0.3, 0.4) is 0 Å². The first-order valence-corrected chi connectivity index (χ1v) is 13.5. The fraction of sp³-hybridized carbons (Fsp3) is 0.407. The molecule has 1 saturated carbocycles. The molecule has 2 aromatic carbocycles. The van der Waals surface area contributed by atoms with Gasteiger partial charge in [-0.1, -0.05) is 36.9 Å². The molecule has 1 aliphatic heterocycles. The molecule has 2 fully saturated rings. The lowest BCUT2D eigenvalue weighted by atomic mass is 9.70. The predicted octanol–water partition coefficient (Wildman–Crippen LogP) is 3.38. The number of hydrogen-bond donors (Lipinski definition) is 1. The summed E-state index contributed by atoms with van der Waals surface area (Å²) in [6.45, 7) is 4.43. The monoisotopic (exact) mass is 495 g/mol. The molecule has 0 radical (unpaired) electrons. The number of nitrogens with one attached hydrogen (secondary N) is 1. The van der Waals surface area contributed by atoms with E-state index in [2.05, 4.69) is 11.9 Å². The summed E-state index contributed by atoms with van der Waals surface area (Å²) < 4.78 is 28.8. The van der Waals surface area contributed by atoms with Gasteiger partial charge in [-0.2, -0.15) is 4.31 Å². The number of sulfonamides is 1. The van der Waals surface area contributed by atoms with Crippen LogP contribution in [-0.4, -0.2) is 61.2 Å². The average molecular weight is 496 g/mol. The normalized spacial score (nSPS) is 19.5. The van der Waals surface area contributed by atoms with Crippen molar-refractivity contribution in [1.82, 2.24) is 14.5 Å². The van der Waals surface area contributed by atoms with Gasteiger partial charge in [0.2, 0.25) is 15.9 Å². The topological polar surface area (TPSA) is 86.8 Å². The Kier molecular flexibility index (Phi) is 7.42. The van der Waals surface area contributed by atoms with Gasteiger partial charge in [0.25, 0.3) is 5.91 Å². The zero-order valence-corrected chi connectivity index (χ0v) is 21.0. The minimum Gasteiger partial charge on any atom is -0.350 e. The number of carbonyl (C=O) groups excluding carboxylic acids is 2. The van der Waals surface area contributed by atoms with Crippen LogP contribution in [0.5, 0.6) is 0 Å². The second-order valence-corrected chi connectivity index (χ2v) is 11.4. The maximum Gasteiger partial charge on any atom is 0.253 e. The van der Waals surface area contributed by atoms with Gasteiger partial charge in [-0.15, -0.1) is 0 Å². The second kappa shape index (κ2) is 10.3. The van der Waals surface area contributed by atoms with Gasteiger partial charge < -0.3 is 10.2 Å². The minimum absolute atomic E-state index is 0.0568. The van der Waals surface area contributed by atoms with Crippen LogP contribution in [0.25, 0.3) is 0 Å². The van der Waals surface area contributed by atoms with Gasteiger partial charge in [0.05, 0.1) is 4.90 Å². The van der Waals surface area contributed by atoms with E-state index in [9.17, 15) is 18.0 Å². The van der Waals surface area contributed by atoms with Crippen LogP contribution >= 0.6 is 0 Å². The fourth-order valence-electron chi connectivity index (χ4n) is 5.13. The molecule has 0 bridgehead atoms. The van der Waals surface area contributed by atoms with E-state index in [1.165, 1.54) is 18.2 Å². The van der Waals surface area contributed by atoms with Crippen molar-refractivity contribution in [3.05, 3.63) is 78.4 Å². The molecule has 2 aliphatic rings. The molecular formula is C27H33N3O4S. The summed E-state index contributed by atoms with van der Waals surface area (Å²) in [5.41, 5.74) is 1.16. The Labute approximate surface area is 207 Å². The Morgan fingerprint density at radius 1 is 1.14 bits per heavy atom. The van der Waals surface area contributed by atoms with Gasteiger partial charge in [-0.05, 0) is 74.4 Å². The van der Waals surface area contributed by atoms with Gasteiger partial charge in [0.1, 0.15) is 0 Å². The van der Waals surface area contributed by atoms with Gasteiger partial charge in [0.15, 0.2) is 0 Å². The lowest BCUT2D eigenvalue weighted by Gasteiger charge is -2.54. The minimum atomic E-state index is -3.72. The molecule has 35 heavy (non-hydrogen) atoms. The van der Waals surface area contributed by atoms with Gasteiger partial charge >= 0.3 is 0 Å². The van der Waals surface area contributed by atoms with Crippen molar-refractivity contribution in [1.29, 1.82) is 0 Å². The number of amides is 2. The van der Waals surface area contributed by atoms with Crippen LogP contribution < -0.4 is 5.32 Å². The number of benzene rings is 2. The molecule has 1 atom stereocenters. The average Bonchev–Trinajstić information content (AvgIpc) is 2.86. The Bertz CT molecular complexity index is 1170. The molecule has 2 amide bonds. The van der Waals surface area contributed by atoms with Crippen LogP contribution in [0.4, 0.5) is 0 Å². The Morgan fingerprint density at radius 2 is 1.83 bits per heavy atom. The highest BCUT2D eigenvalue weighted by Crippen LogP contribution is 2.46. The molecule has 1 N–H and O–H groups in total. The summed E-state index contributed by atoms with van der Waals surface area (Å²) >= 11 is 0. The van der Waals surface area contributed by atoms with Crippen molar-refractivity contribution in [3.8, 4) is 0 Å². The Hall–Kier alpha value is -2.97. The first kappa shape index (κ1) is 25.1. The quantitative estimate of drug-likeness (QED) is 0.569. The van der Waals surface area contributed by atoms with Crippen LogP contribution in [0.2, 0.25) is 0 Å². The van der Waals surface area contributed by atoms with E-state index in [1.807, 2.05) is 30.3 Å². The molecule has 4 rings (SSSR count). The highest BCUT2D eigenvalue weighted by molar-refractivity contribution is 7.89. The van der Waals surface area contributed by atoms with E-state index in [-0.39, 0.29) is 22.8 Å². The third kappa shape index (κ3) is 5.33. The number of piperidine rings is 1. The lowest BCUT2D eigenvalue weighted by Crippen LogP contribution is -2.63. The lowest BCUT2D eigenvalue weighted by molar-refractivity contribution is -0.117. The maximum atomic E-state index is 13.6. The Morgan fingerprint density at radius 3 is 2.43 bits per heavy atom. The number of carbonyl (C=O) groups is 2. The molecule has 1 heterocycles. The standard InChI is InChI=1S/C27H33N3O4S/c1-3-25(31)28-23-15-19-30(27(20-23)16-7-17-27)35(33,34)24-12-10-22(11-13-24)26(32)29(2)18-14-21-8-5-4-6-9-21/h3-6,8-13,23H,1,7,14-20H2,2H3,(H,28,31). The van der Waals surface area contributed by atoms with E-state index >= 15 is 0 Å². The van der Waals surface area contributed by atoms with E-state index in [0.717, 1.165) is 31.2 Å². The molecule has 0 aromatic heterocycles. The van der Waals surface area contributed by atoms with Crippen molar-refractivity contribution in [3.63, 3.8) is 0 Å². The first-order chi connectivity index (χ1) is 16.7. The highest BCUT2D eigenvalue weighted by atomic mass is 32.2. The van der Waals surface area contributed by atoms with E-state index < -0.39 is 15.6 Å². The van der Waals surface area contributed by atoms with E-state index in [4.69, 9.17) is 0 Å². The zero-order valence-electron chi connectivity index (χ0n) is 20.2. The first-order valence-electron chi connectivity index (χ1n) is 12.1. The van der Waals surface area contributed by atoms with Crippen LogP contribution in [0, 0.1) is 0 Å². The number of nitrogens with zero attached hydrogens (tertiary/aromatic N) is 2. The predicted molar refractivity (Wildman–Crippen MR) is 135 cm³/mol. The summed E-state index contributed by atoms with van der Waals surface area (Å²) in [5.74, 6) is -0.367. The Balaban J connectivity index is 1.44. The van der Waals surface area contributed by atoms with Crippen molar-refractivity contribution in [2.75, 3.05) is 20.1 Å². The SMILES string of the molecule is C=CC(=O)NC1CCN(S(=O)(=O)c2ccc(C(=O)N(C)CCc3ccccc3)cc2)C2(CCC2)C1. The van der Waals surface area contributed by atoms with Crippen molar-refractivity contribution < 1.29 is 18.0 Å². The molecule has 186 valence electrons. The molecule has 1 aliphatic carbocycles. The third-order valence-corrected chi connectivity index (χ3v) is 9.28. The summed E-state index contributed by atoms with van der Waals surface area (Å²) in [6.07, 6.45) is 5.71. The molecule has 1 saturated heterocycles. The van der Waals surface area contributed by atoms with Crippen molar-refractivity contribution in [2.24, 2.45) is 0 Å². The summed E-state index contributed by atoms with van der Waals surface area (Å²) in [7, 11) is -1.97. The maximum absolute atomic E-state index is 13.6. The molecule has 1 unspecified atom stereocenters. The summed E-state index contributed by atoms with van der Waals surface area (Å²) in [6, 6.07) is 16.2. The highest BCUT2D eigenvalue weighted by Gasteiger charge is 2.51. The molecular weight excluding hydrogens is 462 g/mol. The number of likely N-dealkylation sites (N-methyl/N-ethyl adjacent to an activating group) is 1. The van der Waals surface area contributed by atoms with Crippen molar-refractivity contribution >= 4 is 21.8 Å². The van der Waals surface area contributed by atoms with Crippen LogP contribution in [-0.2, 0) is 21.2 Å². The molecule has 2 aromatic rings. The largest absolute Gasteiger partial charge is 0.350 e. The van der Waals surface area contributed by atoms with E-state index in [0.29, 0.717) is 31.5 Å². The summed E-state index contributed by atoms with van der Waals surface area (Å²) in [4.78, 5) is 26.5. The molecule has 8 heteroatoms. The third-order valence-electron chi connectivity index (χ3n) is 7.27. The van der Waals surface area contributed by atoms with Gasteiger partial charge in [-0.3, -0.25) is 9.59 Å². The van der Waals surface area contributed by atoms with Crippen LogP contribution in [0.1, 0.15) is 48.0 Å². The molecule has 7 nitrogen and oxygen atoms in total. The number of rotatable bonds is 8.